The third-order valence-electron chi connectivity index (χ3n) is 5.05. The normalized spacial score (nSPS) is 14.9. The van der Waals surface area contributed by atoms with Crippen molar-refractivity contribution in [3.63, 3.8) is 0 Å². The summed E-state index contributed by atoms with van der Waals surface area (Å²) < 4.78 is 5.23. The lowest BCUT2D eigenvalue weighted by Gasteiger charge is -2.42. The van der Waals surface area contributed by atoms with E-state index in [1.165, 1.54) is 16.8 Å². The summed E-state index contributed by atoms with van der Waals surface area (Å²) in [5, 5.41) is 6.80. The van der Waals surface area contributed by atoms with Gasteiger partial charge < -0.3 is 15.0 Å². The molecule has 6 heteroatoms. The number of fused-ring (bicyclic) bond motifs is 1. The van der Waals surface area contributed by atoms with Gasteiger partial charge in [-0.2, -0.15) is 5.10 Å². The monoisotopic (exact) mass is 392 g/mol. The van der Waals surface area contributed by atoms with Gasteiger partial charge in [0.05, 0.1) is 24.6 Å². The van der Waals surface area contributed by atoms with Gasteiger partial charge in [-0.15, -0.1) is 0 Å². The van der Waals surface area contributed by atoms with Gasteiger partial charge in [0.25, 0.3) is 0 Å². The molecule has 1 aliphatic rings. The van der Waals surface area contributed by atoms with E-state index >= 15 is 0 Å². The minimum atomic E-state index is -0.432. The van der Waals surface area contributed by atoms with E-state index in [1.807, 2.05) is 18.2 Å². The number of nitrogens with one attached hydrogen (secondary N) is 2. The number of carbonyl (C=O) groups is 1. The van der Waals surface area contributed by atoms with E-state index in [0.29, 0.717) is 11.4 Å². The smallest absolute Gasteiger partial charge is 0.339 e. The number of anilines is 2. The van der Waals surface area contributed by atoms with Gasteiger partial charge in [0.2, 0.25) is 0 Å². The van der Waals surface area contributed by atoms with E-state index in [9.17, 15) is 4.79 Å². The Morgan fingerprint density at radius 3 is 2.72 bits per heavy atom. The van der Waals surface area contributed by atoms with Crippen LogP contribution in [0.15, 0.2) is 53.6 Å². The van der Waals surface area contributed by atoms with Crippen molar-refractivity contribution in [2.45, 2.75) is 33.2 Å². The predicted molar refractivity (Wildman–Crippen MR) is 120 cm³/mol. The number of hydrogen-bond donors (Lipinski definition) is 2. The molecule has 2 aromatic carbocycles. The lowest BCUT2D eigenvalue weighted by Crippen LogP contribution is -2.44. The highest BCUT2D eigenvalue weighted by molar-refractivity contribution is 5.92. The van der Waals surface area contributed by atoms with Crippen molar-refractivity contribution in [2.75, 3.05) is 23.9 Å². The molecule has 0 aliphatic carbocycles. The molecule has 0 bridgehead atoms. The molecule has 0 aromatic heterocycles. The van der Waals surface area contributed by atoms with Gasteiger partial charge in [-0.1, -0.05) is 24.3 Å². The average Bonchev–Trinajstić information content (AvgIpc) is 2.68. The van der Waals surface area contributed by atoms with E-state index < -0.39 is 6.03 Å². The van der Waals surface area contributed by atoms with Crippen LogP contribution in [-0.4, -0.2) is 31.4 Å². The molecule has 6 nitrogen and oxygen atoms in total. The molecule has 0 atom stereocenters. The summed E-state index contributed by atoms with van der Waals surface area (Å²) in [5.74, 6) is 0.590. The maximum atomic E-state index is 12.1. The molecule has 0 saturated heterocycles. The van der Waals surface area contributed by atoms with Crippen LogP contribution in [0.3, 0.4) is 0 Å². The van der Waals surface area contributed by atoms with Crippen LogP contribution in [0.2, 0.25) is 0 Å². The Morgan fingerprint density at radius 2 is 2.00 bits per heavy atom. The first kappa shape index (κ1) is 20.5. The van der Waals surface area contributed by atoms with Gasteiger partial charge in [-0.25, -0.2) is 10.2 Å². The number of nitrogens with zero attached hydrogens (tertiary/aromatic N) is 2. The summed E-state index contributed by atoms with van der Waals surface area (Å²) >= 11 is 0. The van der Waals surface area contributed by atoms with E-state index in [2.05, 4.69) is 66.6 Å². The lowest BCUT2D eigenvalue weighted by molar-refractivity contribution is 0.252. The fourth-order valence-electron chi connectivity index (χ4n) is 3.82. The maximum Gasteiger partial charge on any atom is 0.339 e. The van der Waals surface area contributed by atoms with E-state index in [1.54, 1.807) is 25.5 Å². The van der Waals surface area contributed by atoms with Crippen molar-refractivity contribution in [3.05, 3.63) is 59.7 Å². The topological polar surface area (TPSA) is 66.0 Å². The molecule has 1 aliphatic heterocycles. The Bertz CT molecular complexity index is 963. The van der Waals surface area contributed by atoms with Gasteiger partial charge in [0.1, 0.15) is 5.75 Å². The first-order valence-electron chi connectivity index (χ1n) is 9.70. The van der Waals surface area contributed by atoms with Crippen molar-refractivity contribution in [2.24, 2.45) is 5.10 Å². The number of urea groups is 1. The fourth-order valence-corrected chi connectivity index (χ4v) is 3.82. The predicted octanol–water partition coefficient (Wildman–Crippen LogP) is 4.87. The number of rotatable bonds is 5. The Kier molecular flexibility index (Phi) is 5.92. The second kappa shape index (κ2) is 8.39. The Hall–Kier alpha value is -3.28. The molecule has 3 rings (SSSR count). The largest absolute Gasteiger partial charge is 0.495 e. The van der Waals surface area contributed by atoms with Crippen molar-refractivity contribution in [1.82, 2.24) is 5.43 Å². The van der Waals surface area contributed by atoms with Crippen LogP contribution in [-0.2, 0) is 0 Å². The molecule has 2 aromatic rings. The molecule has 0 spiro atoms. The van der Waals surface area contributed by atoms with Crippen LogP contribution >= 0.6 is 0 Å². The number of allylic oxidation sites excluding steroid dienone is 1. The van der Waals surface area contributed by atoms with Crippen LogP contribution < -0.4 is 20.4 Å². The van der Waals surface area contributed by atoms with Crippen LogP contribution in [0.25, 0.3) is 5.57 Å². The summed E-state index contributed by atoms with van der Waals surface area (Å²) in [6, 6.07) is 13.0. The zero-order valence-corrected chi connectivity index (χ0v) is 17.6. The van der Waals surface area contributed by atoms with Gasteiger partial charge in [-0.3, -0.25) is 0 Å². The number of hydrogen-bond acceptors (Lipinski definition) is 4. The number of likely N-dealkylation sites (N-methyl/N-ethyl adjacent to an activating group) is 1. The summed E-state index contributed by atoms with van der Waals surface area (Å²) in [4.78, 5) is 14.5. The average molecular weight is 393 g/mol. The summed E-state index contributed by atoms with van der Waals surface area (Å²) in [6.45, 7) is 9.68. The lowest BCUT2D eigenvalue weighted by atomic mass is 9.88. The molecule has 152 valence electrons. The molecule has 0 fully saturated rings. The number of benzene rings is 2. The highest BCUT2D eigenvalue weighted by Crippen LogP contribution is 2.38. The van der Waals surface area contributed by atoms with Crippen molar-refractivity contribution >= 4 is 29.2 Å². The molecule has 0 unspecified atom stereocenters. The number of amides is 2. The Morgan fingerprint density at radius 1 is 1.24 bits per heavy atom. The number of methoxy groups -OCH3 is 1. The van der Waals surface area contributed by atoms with Gasteiger partial charge >= 0.3 is 6.03 Å². The van der Waals surface area contributed by atoms with Crippen molar-refractivity contribution in [3.8, 4) is 5.75 Å². The maximum absolute atomic E-state index is 12.1. The van der Waals surface area contributed by atoms with E-state index in [0.717, 1.165) is 12.1 Å². The molecular formula is C23H28N4O2. The standard InChI is InChI=1S/C23H28N4O2/c1-6-27-20-12-11-17(13-18(20)16(2)14-23(27,3)4)15-24-26-22(28)25-19-9-7-8-10-21(19)29-5/h7-15H,6H2,1-5H3,(H2,25,26,28)/b24-15+. The zero-order valence-electron chi connectivity index (χ0n) is 17.6. The third-order valence-corrected chi connectivity index (χ3v) is 5.05. The molecule has 2 amide bonds. The second-order valence-electron chi connectivity index (χ2n) is 7.53. The SMILES string of the molecule is CCN1c2ccc(/C=N/NC(=O)Nc3ccccc3OC)cc2C(C)=CC1(C)C. The molecular weight excluding hydrogens is 364 g/mol. The number of hydrazone groups is 1. The van der Waals surface area contributed by atoms with Crippen LogP contribution in [0.5, 0.6) is 5.75 Å². The van der Waals surface area contributed by atoms with Crippen LogP contribution in [0, 0.1) is 0 Å². The summed E-state index contributed by atoms with van der Waals surface area (Å²) in [7, 11) is 1.56. The number of para-hydroxylation sites is 2. The Balaban J connectivity index is 1.71. The Labute approximate surface area is 172 Å². The second-order valence-corrected chi connectivity index (χ2v) is 7.53. The van der Waals surface area contributed by atoms with E-state index in [4.69, 9.17) is 4.74 Å². The first-order chi connectivity index (χ1) is 13.9. The fraction of sp³-hybridized carbons (Fsp3) is 0.304. The van der Waals surface area contributed by atoms with E-state index in [-0.39, 0.29) is 5.54 Å². The minimum Gasteiger partial charge on any atom is -0.495 e. The van der Waals surface area contributed by atoms with Gasteiger partial charge in [0.15, 0.2) is 0 Å². The zero-order chi connectivity index (χ0) is 21.0. The molecule has 0 radical (unpaired) electrons. The van der Waals surface area contributed by atoms with Crippen molar-refractivity contribution in [1.29, 1.82) is 0 Å². The third kappa shape index (κ3) is 4.42. The molecule has 0 saturated carbocycles. The molecule has 2 N–H and O–H groups in total. The number of ether oxygens (including phenoxy) is 1. The van der Waals surface area contributed by atoms with Gasteiger partial charge in [0, 0.05) is 17.8 Å². The summed E-state index contributed by atoms with van der Waals surface area (Å²) in [6.07, 6.45) is 3.93. The highest BCUT2D eigenvalue weighted by atomic mass is 16.5. The quantitative estimate of drug-likeness (QED) is 0.563. The molecule has 1 heterocycles. The summed E-state index contributed by atoms with van der Waals surface area (Å²) in [5.41, 5.74) is 7.63. The highest BCUT2D eigenvalue weighted by Gasteiger charge is 2.29. The van der Waals surface area contributed by atoms with Crippen molar-refractivity contribution < 1.29 is 9.53 Å². The van der Waals surface area contributed by atoms with Crippen LogP contribution in [0.1, 0.15) is 38.8 Å². The molecule has 29 heavy (non-hydrogen) atoms. The first-order valence-corrected chi connectivity index (χ1v) is 9.70. The van der Waals surface area contributed by atoms with Gasteiger partial charge in [-0.05, 0) is 63.1 Å². The minimum absolute atomic E-state index is 0.0143. The van der Waals surface area contributed by atoms with Crippen LogP contribution in [0.4, 0.5) is 16.2 Å². The number of carbonyl (C=O) groups excluding carboxylic acids is 1.